The van der Waals surface area contributed by atoms with Crippen LogP contribution in [0.4, 0.5) is 16.4 Å². The number of hydrogen-bond acceptors (Lipinski definition) is 7. The first-order valence-electron chi connectivity index (χ1n) is 11.5. The molecule has 4 rings (SSSR count). The number of nitro groups is 1. The Bertz CT molecular complexity index is 1200. The van der Waals surface area contributed by atoms with Crippen molar-refractivity contribution in [3.8, 4) is 0 Å². The fourth-order valence-corrected chi connectivity index (χ4v) is 5.52. The predicted molar refractivity (Wildman–Crippen MR) is 135 cm³/mol. The Labute approximate surface area is 202 Å². The average molecular weight is 481 g/mol. The number of nitro benzene ring substituents is 1. The van der Waals surface area contributed by atoms with Gasteiger partial charge in [-0.25, -0.2) is 4.99 Å². The van der Waals surface area contributed by atoms with Gasteiger partial charge in [0.05, 0.1) is 23.3 Å². The maximum Gasteiger partial charge on any atom is 0.270 e. The van der Waals surface area contributed by atoms with Crippen LogP contribution in [0.2, 0.25) is 0 Å². The highest BCUT2D eigenvalue weighted by molar-refractivity contribution is 7.16. The molecule has 34 heavy (non-hydrogen) atoms. The van der Waals surface area contributed by atoms with Gasteiger partial charge in [-0.3, -0.25) is 14.9 Å². The number of thiophene rings is 1. The monoisotopic (exact) mass is 480 g/mol. The van der Waals surface area contributed by atoms with Crippen LogP contribution in [0.15, 0.2) is 46.0 Å². The Morgan fingerprint density at radius 3 is 2.76 bits per heavy atom. The van der Waals surface area contributed by atoms with Crippen LogP contribution in [0, 0.1) is 10.1 Å². The molecule has 1 aliphatic carbocycles. The first kappa shape index (κ1) is 23.7. The lowest BCUT2D eigenvalue weighted by molar-refractivity contribution is -0.384. The third-order valence-electron chi connectivity index (χ3n) is 6.03. The Kier molecular flexibility index (Phi) is 7.42. The molecule has 0 atom stereocenters. The first-order chi connectivity index (χ1) is 16.5. The number of non-ortho nitro benzene ring substituents is 1. The number of carbonyl (C=O) groups is 1. The number of benzene rings is 1. The summed E-state index contributed by atoms with van der Waals surface area (Å²) in [6, 6.07) is 8.43. The van der Waals surface area contributed by atoms with E-state index in [4.69, 9.17) is 9.41 Å². The van der Waals surface area contributed by atoms with Crippen LogP contribution < -0.4 is 10.2 Å². The second kappa shape index (κ2) is 10.6. The van der Waals surface area contributed by atoms with E-state index in [0.29, 0.717) is 28.4 Å². The van der Waals surface area contributed by atoms with Gasteiger partial charge in [-0.1, -0.05) is 0 Å². The Hall–Kier alpha value is -3.46. The Morgan fingerprint density at radius 1 is 1.26 bits per heavy atom. The minimum Gasteiger partial charge on any atom is -0.467 e. The number of nitrogens with one attached hydrogen (secondary N) is 1. The zero-order chi connectivity index (χ0) is 24.1. The van der Waals surface area contributed by atoms with Gasteiger partial charge in [0, 0.05) is 47.6 Å². The largest absolute Gasteiger partial charge is 0.467 e. The van der Waals surface area contributed by atoms with E-state index in [1.54, 1.807) is 30.7 Å². The van der Waals surface area contributed by atoms with Gasteiger partial charge in [-0.15, -0.1) is 11.3 Å². The number of nitrogens with zero attached hydrogens (tertiary/aromatic N) is 3. The van der Waals surface area contributed by atoms with Gasteiger partial charge < -0.3 is 14.6 Å². The normalized spacial score (nSPS) is 13.1. The highest BCUT2D eigenvalue weighted by Crippen LogP contribution is 2.40. The molecule has 0 saturated carbocycles. The summed E-state index contributed by atoms with van der Waals surface area (Å²) in [5, 5.41) is 15.0. The first-order valence-corrected chi connectivity index (χ1v) is 12.4. The highest BCUT2D eigenvalue weighted by Gasteiger charge is 2.25. The molecular weight excluding hydrogens is 452 g/mol. The summed E-state index contributed by atoms with van der Waals surface area (Å²) >= 11 is 1.54. The number of carbonyl (C=O) groups excluding carboxylic acids is 1. The minimum absolute atomic E-state index is 0.0132. The second-order valence-electron chi connectivity index (χ2n) is 8.08. The van der Waals surface area contributed by atoms with Crippen LogP contribution in [-0.4, -0.2) is 30.1 Å². The smallest absolute Gasteiger partial charge is 0.270 e. The third-order valence-corrected chi connectivity index (χ3v) is 7.23. The molecule has 1 aliphatic rings. The van der Waals surface area contributed by atoms with Gasteiger partial charge in [-0.05, 0) is 63.3 Å². The van der Waals surface area contributed by atoms with Gasteiger partial charge in [0.2, 0.25) is 0 Å². The number of rotatable bonds is 9. The summed E-state index contributed by atoms with van der Waals surface area (Å²) in [6.07, 6.45) is 7.17. The molecular formula is C25H28N4O4S. The third kappa shape index (κ3) is 5.04. The molecule has 178 valence electrons. The number of aliphatic imine (C=N–C) groups is 1. The van der Waals surface area contributed by atoms with E-state index in [1.165, 1.54) is 22.3 Å². The van der Waals surface area contributed by atoms with E-state index in [0.717, 1.165) is 50.0 Å². The van der Waals surface area contributed by atoms with Crippen molar-refractivity contribution in [2.45, 2.75) is 46.1 Å². The Morgan fingerprint density at radius 2 is 2.06 bits per heavy atom. The van der Waals surface area contributed by atoms with Gasteiger partial charge in [0.15, 0.2) is 0 Å². The average Bonchev–Trinajstić information content (AvgIpc) is 3.50. The number of aryl methyl sites for hydroxylation is 1. The van der Waals surface area contributed by atoms with E-state index < -0.39 is 4.92 Å². The van der Waals surface area contributed by atoms with Crippen LogP contribution >= 0.6 is 11.3 Å². The van der Waals surface area contributed by atoms with E-state index in [2.05, 4.69) is 10.2 Å². The molecule has 9 heteroatoms. The number of fused-ring (bicyclic) bond motifs is 1. The molecule has 1 N–H and O–H groups in total. The summed E-state index contributed by atoms with van der Waals surface area (Å²) < 4.78 is 5.34. The molecule has 0 spiro atoms. The molecule has 8 nitrogen and oxygen atoms in total. The van der Waals surface area contributed by atoms with Gasteiger partial charge >= 0.3 is 0 Å². The predicted octanol–water partition coefficient (Wildman–Crippen LogP) is 5.65. The van der Waals surface area contributed by atoms with Crippen molar-refractivity contribution >= 4 is 39.8 Å². The molecule has 1 amide bonds. The number of hydrogen-bond donors (Lipinski definition) is 1. The lowest BCUT2D eigenvalue weighted by Crippen LogP contribution is -2.24. The number of anilines is 1. The molecule has 0 unspecified atom stereocenters. The summed E-state index contributed by atoms with van der Waals surface area (Å²) in [5.41, 5.74) is 3.23. The molecule has 1 aromatic carbocycles. The molecule has 0 aliphatic heterocycles. The Balaban J connectivity index is 1.70. The maximum atomic E-state index is 13.2. The van der Waals surface area contributed by atoms with Gasteiger partial charge in [0.1, 0.15) is 10.8 Å². The zero-order valence-electron chi connectivity index (χ0n) is 19.4. The fraction of sp³-hybridized carbons (Fsp3) is 0.360. The minimum atomic E-state index is -0.402. The van der Waals surface area contributed by atoms with Crippen molar-refractivity contribution in [3.63, 3.8) is 0 Å². The standard InChI is InChI=1S/C25H28N4O4S/c1-3-28(4-2)21-12-11-18(29(31)32)14-17(21)15-27-25-23(20-9-5-6-10-22(20)34-25)24(30)26-16-19-8-7-13-33-19/h7-8,11-15H,3-6,9-10,16H2,1-2H3,(H,26,30). The summed E-state index contributed by atoms with van der Waals surface area (Å²) in [5.74, 6) is 0.508. The summed E-state index contributed by atoms with van der Waals surface area (Å²) in [4.78, 5) is 32.2. The van der Waals surface area contributed by atoms with Crippen LogP contribution in [0.25, 0.3) is 0 Å². The van der Waals surface area contributed by atoms with E-state index in [1.807, 2.05) is 19.9 Å². The summed E-state index contributed by atoms with van der Waals surface area (Å²) in [6.45, 7) is 5.92. The van der Waals surface area contributed by atoms with E-state index in [9.17, 15) is 14.9 Å². The van der Waals surface area contributed by atoms with E-state index >= 15 is 0 Å². The zero-order valence-corrected chi connectivity index (χ0v) is 20.2. The second-order valence-corrected chi connectivity index (χ2v) is 9.17. The topological polar surface area (TPSA) is 101 Å². The molecule has 0 radical (unpaired) electrons. The van der Waals surface area contributed by atoms with Crippen LogP contribution in [-0.2, 0) is 19.4 Å². The molecule has 0 saturated heterocycles. The molecule has 0 bridgehead atoms. The lowest BCUT2D eigenvalue weighted by Gasteiger charge is -2.22. The molecule has 2 heterocycles. The molecule has 2 aromatic heterocycles. The lowest BCUT2D eigenvalue weighted by atomic mass is 9.95. The number of amides is 1. The maximum absolute atomic E-state index is 13.2. The summed E-state index contributed by atoms with van der Waals surface area (Å²) in [7, 11) is 0. The van der Waals surface area contributed by atoms with Crippen molar-refractivity contribution in [1.82, 2.24) is 5.32 Å². The van der Waals surface area contributed by atoms with Crippen LogP contribution in [0.5, 0.6) is 0 Å². The van der Waals surface area contributed by atoms with Crippen molar-refractivity contribution in [1.29, 1.82) is 0 Å². The highest BCUT2D eigenvalue weighted by atomic mass is 32.1. The van der Waals surface area contributed by atoms with Crippen molar-refractivity contribution in [2.75, 3.05) is 18.0 Å². The SMILES string of the molecule is CCN(CC)c1ccc([N+](=O)[O-])cc1C=Nc1sc2c(c1C(=O)NCc1ccco1)CCCC2. The van der Waals surface area contributed by atoms with E-state index in [-0.39, 0.29) is 11.6 Å². The number of furan rings is 1. The van der Waals surface area contributed by atoms with Crippen molar-refractivity contribution in [2.24, 2.45) is 4.99 Å². The van der Waals surface area contributed by atoms with Crippen molar-refractivity contribution < 1.29 is 14.1 Å². The van der Waals surface area contributed by atoms with Crippen molar-refractivity contribution in [3.05, 3.63) is 74.0 Å². The van der Waals surface area contributed by atoms with Gasteiger partial charge in [0.25, 0.3) is 11.6 Å². The van der Waals surface area contributed by atoms with Crippen LogP contribution in [0.3, 0.4) is 0 Å². The molecule has 3 aromatic rings. The van der Waals surface area contributed by atoms with Gasteiger partial charge in [-0.2, -0.15) is 0 Å². The quantitative estimate of drug-likeness (QED) is 0.242. The fourth-order valence-electron chi connectivity index (χ4n) is 4.28. The molecule has 0 fully saturated rings. The van der Waals surface area contributed by atoms with Crippen LogP contribution in [0.1, 0.15) is 58.8 Å².